The molecular formula is C11H10F3N3O3S. The molecule has 0 aliphatic carbocycles. The molecule has 2 aromatic heterocycles. The summed E-state index contributed by atoms with van der Waals surface area (Å²) in [5.41, 5.74) is 0.659. The number of hydrogen-bond donors (Lipinski definition) is 0. The second-order valence-electron chi connectivity index (χ2n) is 3.70. The zero-order chi connectivity index (χ0) is 15.5. The molecule has 2 rings (SSSR count). The van der Waals surface area contributed by atoms with Crippen LogP contribution in [0.4, 0.5) is 13.2 Å². The quantitative estimate of drug-likeness (QED) is 0.843. The second-order valence-corrected chi connectivity index (χ2v) is 4.44. The molecule has 0 spiro atoms. The van der Waals surface area contributed by atoms with E-state index in [0.717, 1.165) is 17.7 Å². The first kappa shape index (κ1) is 15.3. The van der Waals surface area contributed by atoms with E-state index in [9.17, 15) is 13.2 Å². The molecule has 2 heterocycles. The van der Waals surface area contributed by atoms with Gasteiger partial charge in [0.25, 0.3) is 0 Å². The van der Waals surface area contributed by atoms with Gasteiger partial charge in [-0.2, -0.15) is 17.5 Å². The number of hydrogen-bond acceptors (Lipinski definition) is 7. The Morgan fingerprint density at radius 3 is 2.57 bits per heavy atom. The fourth-order valence-electron chi connectivity index (χ4n) is 1.45. The fraction of sp³-hybridized carbons (Fsp3) is 0.364. The Kier molecular flexibility index (Phi) is 4.46. The fourth-order valence-corrected chi connectivity index (χ4v) is 2.14. The Hall–Kier alpha value is -2.10. The average Bonchev–Trinajstić information content (AvgIpc) is 2.87. The first-order valence-electron chi connectivity index (χ1n) is 5.54. The van der Waals surface area contributed by atoms with Gasteiger partial charge in [-0.15, -0.1) is 0 Å². The van der Waals surface area contributed by atoms with Crippen molar-refractivity contribution in [3.8, 4) is 28.1 Å². The van der Waals surface area contributed by atoms with Crippen LogP contribution >= 0.6 is 11.5 Å². The Morgan fingerprint density at radius 1 is 1.19 bits per heavy atom. The highest BCUT2D eigenvalue weighted by atomic mass is 32.1. The number of alkyl halides is 3. The summed E-state index contributed by atoms with van der Waals surface area (Å²) in [6.45, 7) is -1.44. The van der Waals surface area contributed by atoms with Gasteiger partial charge in [0, 0.05) is 11.5 Å². The molecule has 6 nitrogen and oxygen atoms in total. The molecule has 10 heteroatoms. The van der Waals surface area contributed by atoms with E-state index in [-0.39, 0.29) is 17.5 Å². The third-order valence-electron chi connectivity index (χ3n) is 2.26. The van der Waals surface area contributed by atoms with Crippen LogP contribution in [0.2, 0.25) is 0 Å². The molecule has 0 unspecified atom stereocenters. The maximum absolute atomic E-state index is 12.1. The lowest BCUT2D eigenvalue weighted by atomic mass is 10.2. The van der Waals surface area contributed by atoms with Crippen LogP contribution in [0, 0.1) is 0 Å². The molecule has 0 amide bonds. The van der Waals surface area contributed by atoms with E-state index in [0.29, 0.717) is 10.6 Å². The van der Waals surface area contributed by atoms with Crippen molar-refractivity contribution in [3.63, 3.8) is 0 Å². The van der Waals surface area contributed by atoms with E-state index in [1.54, 1.807) is 0 Å². The summed E-state index contributed by atoms with van der Waals surface area (Å²) in [6.07, 6.45) is -2.00. The van der Waals surface area contributed by atoms with Crippen molar-refractivity contribution < 1.29 is 27.4 Å². The van der Waals surface area contributed by atoms with Gasteiger partial charge in [0.05, 0.1) is 26.6 Å². The molecule has 0 saturated heterocycles. The van der Waals surface area contributed by atoms with Gasteiger partial charge in [-0.25, -0.2) is 4.98 Å². The van der Waals surface area contributed by atoms with Crippen LogP contribution in [0.25, 0.3) is 11.3 Å². The van der Waals surface area contributed by atoms with Crippen LogP contribution in [0.3, 0.4) is 0 Å². The molecule has 0 bridgehead atoms. The molecule has 0 aliphatic heterocycles. The largest absolute Gasteiger partial charge is 0.486 e. The standard InChI is InChI=1S/C11H10F3N3O3S/c1-18-9-8(10(19-2)21-17-9)6-3-15-4-7(16-6)20-5-11(12,13)14/h3-4H,5H2,1-2H3. The van der Waals surface area contributed by atoms with Crippen molar-refractivity contribution in [1.29, 1.82) is 0 Å². The Balaban J connectivity index is 2.31. The Labute approximate surface area is 121 Å². The van der Waals surface area contributed by atoms with Crippen LogP contribution in [0.1, 0.15) is 0 Å². The molecule has 2 aromatic rings. The summed E-state index contributed by atoms with van der Waals surface area (Å²) in [5, 5.41) is 0.411. The Bertz CT molecular complexity index is 597. The molecule has 0 aliphatic rings. The average molecular weight is 321 g/mol. The molecule has 0 aromatic carbocycles. The molecular weight excluding hydrogens is 311 g/mol. The van der Waals surface area contributed by atoms with Gasteiger partial charge in [-0.3, -0.25) is 4.98 Å². The number of methoxy groups -OCH3 is 2. The number of rotatable bonds is 5. The van der Waals surface area contributed by atoms with Crippen LogP contribution in [-0.4, -0.2) is 41.3 Å². The van der Waals surface area contributed by atoms with Gasteiger partial charge in [-0.05, 0) is 0 Å². The van der Waals surface area contributed by atoms with Crippen molar-refractivity contribution in [2.24, 2.45) is 0 Å². The number of aromatic nitrogens is 3. The first-order valence-corrected chi connectivity index (χ1v) is 6.31. The zero-order valence-corrected chi connectivity index (χ0v) is 11.8. The van der Waals surface area contributed by atoms with Crippen molar-refractivity contribution >= 4 is 11.5 Å². The minimum absolute atomic E-state index is 0.247. The van der Waals surface area contributed by atoms with Crippen molar-refractivity contribution in [3.05, 3.63) is 12.4 Å². The molecule has 0 fully saturated rings. The van der Waals surface area contributed by atoms with Crippen molar-refractivity contribution in [1.82, 2.24) is 14.3 Å². The van der Waals surface area contributed by atoms with Gasteiger partial charge >= 0.3 is 6.18 Å². The highest BCUT2D eigenvalue weighted by Crippen LogP contribution is 2.40. The highest BCUT2D eigenvalue weighted by molar-refractivity contribution is 7.08. The predicted octanol–water partition coefficient (Wildman–Crippen LogP) is 2.56. The Morgan fingerprint density at radius 2 is 1.95 bits per heavy atom. The normalized spacial score (nSPS) is 11.3. The number of ether oxygens (including phenoxy) is 3. The third kappa shape index (κ3) is 3.72. The minimum Gasteiger partial charge on any atom is -0.486 e. The lowest BCUT2D eigenvalue weighted by molar-refractivity contribution is -0.154. The van der Waals surface area contributed by atoms with Gasteiger partial charge in [0.15, 0.2) is 6.61 Å². The highest BCUT2D eigenvalue weighted by Gasteiger charge is 2.29. The van der Waals surface area contributed by atoms with E-state index in [2.05, 4.69) is 19.1 Å². The van der Waals surface area contributed by atoms with E-state index in [1.807, 2.05) is 0 Å². The van der Waals surface area contributed by atoms with Crippen LogP contribution in [-0.2, 0) is 0 Å². The van der Waals surface area contributed by atoms with Crippen LogP contribution < -0.4 is 14.2 Å². The summed E-state index contributed by atoms with van der Waals surface area (Å²) in [4.78, 5) is 7.76. The topological polar surface area (TPSA) is 66.4 Å². The predicted molar refractivity (Wildman–Crippen MR) is 67.8 cm³/mol. The molecule has 114 valence electrons. The molecule has 0 N–H and O–H groups in total. The maximum Gasteiger partial charge on any atom is 0.422 e. The van der Waals surface area contributed by atoms with Crippen molar-refractivity contribution in [2.75, 3.05) is 20.8 Å². The summed E-state index contributed by atoms with van der Waals surface area (Å²) < 4.78 is 55.1. The first-order chi connectivity index (χ1) is 9.94. The molecule has 21 heavy (non-hydrogen) atoms. The minimum atomic E-state index is -4.45. The SMILES string of the molecule is COc1nsc(OC)c1-c1cncc(OCC(F)(F)F)n1. The smallest absolute Gasteiger partial charge is 0.422 e. The zero-order valence-electron chi connectivity index (χ0n) is 11.0. The van der Waals surface area contributed by atoms with E-state index < -0.39 is 12.8 Å². The maximum atomic E-state index is 12.1. The summed E-state index contributed by atoms with van der Waals surface area (Å²) >= 11 is 1.03. The van der Waals surface area contributed by atoms with Crippen LogP contribution in [0.15, 0.2) is 12.4 Å². The number of halogens is 3. The van der Waals surface area contributed by atoms with Crippen molar-refractivity contribution in [2.45, 2.75) is 6.18 Å². The lowest BCUT2D eigenvalue weighted by Crippen LogP contribution is -2.19. The summed E-state index contributed by atoms with van der Waals surface area (Å²) in [5.74, 6) is -0.000692. The lowest BCUT2D eigenvalue weighted by Gasteiger charge is -2.09. The number of nitrogens with zero attached hydrogens (tertiary/aromatic N) is 3. The second kappa shape index (κ2) is 6.12. The van der Waals surface area contributed by atoms with Gasteiger partial charge in [0.2, 0.25) is 16.8 Å². The monoisotopic (exact) mass is 321 g/mol. The van der Waals surface area contributed by atoms with Gasteiger partial charge < -0.3 is 14.2 Å². The molecule has 0 saturated carbocycles. The molecule has 0 radical (unpaired) electrons. The molecule has 0 atom stereocenters. The van der Waals surface area contributed by atoms with E-state index in [4.69, 9.17) is 9.47 Å². The van der Waals surface area contributed by atoms with E-state index in [1.165, 1.54) is 20.4 Å². The van der Waals surface area contributed by atoms with E-state index >= 15 is 0 Å². The van der Waals surface area contributed by atoms with Crippen LogP contribution in [0.5, 0.6) is 16.8 Å². The summed E-state index contributed by atoms with van der Waals surface area (Å²) in [7, 11) is 2.85. The van der Waals surface area contributed by atoms with Gasteiger partial charge in [-0.1, -0.05) is 0 Å². The third-order valence-corrected chi connectivity index (χ3v) is 3.05. The van der Waals surface area contributed by atoms with Gasteiger partial charge in [0.1, 0.15) is 11.3 Å². The summed E-state index contributed by atoms with van der Waals surface area (Å²) in [6, 6.07) is 0.